The third-order valence-electron chi connectivity index (χ3n) is 3.00. The second-order valence-electron chi connectivity index (χ2n) is 4.39. The first-order chi connectivity index (χ1) is 8.93. The zero-order valence-corrected chi connectivity index (χ0v) is 10.6. The number of nitrogens with one attached hydrogen (secondary N) is 2. The molecule has 0 radical (unpaired) electrons. The summed E-state index contributed by atoms with van der Waals surface area (Å²) >= 11 is 0. The highest BCUT2D eigenvalue weighted by atomic mass is 16.5. The summed E-state index contributed by atoms with van der Waals surface area (Å²) in [6, 6.07) is -1.69. The summed E-state index contributed by atoms with van der Waals surface area (Å²) < 4.78 is 5.09. The first-order valence-electron chi connectivity index (χ1n) is 5.95. The molecule has 3 atom stereocenters. The predicted octanol–water partition coefficient (Wildman–Crippen LogP) is -1.20. The number of carboxylic acid groups (broad SMARTS) is 2. The van der Waals surface area contributed by atoms with Crippen molar-refractivity contribution in [3.05, 3.63) is 0 Å². The molecule has 0 saturated carbocycles. The summed E-state index contributed by atoms with van der Waals surface area (Å²) in [6.07, 6.45) is -0.0569. The van der Waals surface area contributed by atoms with Gasteiger partial charge in [0.2, 0.25) is 5.91 Å². The Morgan fingerprint density at radius 3 is 2.58 bits per heavy atom. The minimum absolute atomic E-state index is 0.0713. The molecule has 0 aliphatic carbocycles. The lowest BCUT2D eigenvalue weighted by atomic mass is 10.1. The molecule has 0 aromatic heterocycles. The number of methoxy groups -OCH3 is 1. The van der Waals surface area contributed by atoms with Crippen molar-refractivity contribution < 1.29 is 29.3 Å². The van der Waals surface area contributed by atoms with Crippen molar-refractivity contribution in [2.45, 2.75) is 37.5 Å². The largest absolute Gasteiger partial charge is 0.481 e. The monoisotopic (exact) mass is 274 g/mol. The van der Waals surface area contributed by atoms with Gasteiger partial charge in [0.05, 0.1) is 12.1 Å². The molecule has 19 heavy (non-hydrogen) atoms. The predicted molar refractivity (Wildman–Crippen MR) is 63.6 cm³/mol. The lowest BCUT2D eigenvalue weighted by Gasteiger charge is -2.16. The summed E-state index contributed by atoms with van der Waals surface area (Å²) in [5.74, 6) is -2.79. The number of ether oxygens (including phenoxy) is 1. The van der Waals surface area contributed by atoms with Gasteiger partial charge in [0.25, 0.3) is 0 Å². The van der Waals surface area contributed by atoms with Crippen LogP contribution in [0.15, 0.2) is 0 Å². The van der Waals surface area contributed by atoms with Gasteiger partial charge >= 0.3 is 11.9 Å². The molecule has 8 nitrogen and oxygen atoms in total. The van der Waals surface area contributed by atoms with Gasteiger partial charge in [-0.1, -0.05) is 0 Å². The Balaban J connectivity index is 2.47. The van der Waals surface area contributed by atoms with Crippen LogP contribution in [0.1, 0.15) is 19.3 Å². The lowest BCUT2D eigenvalue weighted by molar-refractivity contribution is -0.143. The maximum absolute atomic E-state index is 11.8. The van der Waals surface area contributed by atoms with E-state index in [0.717, 1.165) is 0 Å². The first kappa shape index (κ1) is 15.4. The van der Waals surface area contributed by atoms with E-state index in [-0.39, 0.29) is 18.9 Å². The Morgan fingerprint density at radius 1 is 1.42 bits per heavy atom. The second kappa shape index (κ2) is 7.05. The molecule has 4 N–H and O–H groups in total. The molecule has 3 unspecified atom stereocenters. The number of rotatable bonds is 7. The zero-order chi connectivity index (χ0) is 14.4. The highest BCUT2D eigenvalue weighted by molar-refractivity contribution is 5.87. The summed E-state index contributed by atoms with van der Waals surface area (Å²) in [5, 5.41) is 22.7. The molecular formula is C11H18N2O6. The van der Waals surface area contributed by atoms with E-state index in [1.165, 1.54) is 0 Å². The molecule has 8 heteroatoms. The maximum atomic E-state index is 11.8. The molecule has 1 amide bonds. The van der Waals surface area contributed by atoms with Gasteiger partial charge in [-0.3, -0.25) is 9.59 Å². The van der Waals surface area contributed by atoms with E-state index >= 15 is 0 Å². The van der Waals surface area contributed by atoms with E-state index in [9.17, 15) is 14.4 Å². The van der Waals surface area contributed by atoms with E-state index in [0.29, 0.717) is 13.0 Å². The molecule has 1 aliphatic rings. The molecule has 1 heterocycles. The summed E-state index contributed by atoms with van der Waals surface area (Å²) in [6.45, 7) is 0.529. The summed E-state index contributed by atoms with van der Waals surface area (Å²) in [4.78, 5) is 33.2. The number of hydrogen-bond acceptors (Lipinski definition) is 5. The number of carbonyl (C=O) groups excluding carboxylic acids is 1. The molecule has 1 fully saturated rings. The van der Waals surface area contributed by atoms with Crippen molar-refractivity contribution in [1.82, 2.24) is 10.6 Å². The maximum Gasteiger partial charge on any atom is 0.326 e. The molecule has 0 aromatic carbocycles. The number of carbonyl (C=O) groups is 3. The Morgan fingerprint density at radius 2 is 2.11 bits per heavy atom. The van der Waals surface area contributed by atoms with Crippen LogP contribution in [-0.2, 0) is 19.1 Å². The van der Waals surface area contributed by atoms with E-state index in [1.54, 1.807) is 7.11 Å². The fourth-order valence-electron chi connectivity index (χ4n) is 1.88. The normalized spacial score (nSPS) is 23.8. The van der Waals surface area contributed by atoms with E-state index in [4.69, 9.17) is 14.9 Å². The third kappa shape index (κ3) is 4.84. The van der Waals surface area contributed by atoms with E-state index in [1.807, 2.05) is 0 Å². The van der Waals surface area contributed by atoms with Gasteiger partial charge in [0.15, 0.2) is 0 Å². The van der Waals surface area contributed by atoms with Crippen molar-refractivity contribution in [2.24, 2.45) is 0 Å². The van der Waals surface area contributed by atoms with Gasteiger partial charge in [-0.05, 0) is 12.8 Å². The van der Waals surface area contributed by atoms with E-state index < -0.39 is 29.9 Å². The number of hydrogen-bond donors (Lipinski definition) is 4. The van der Waals surface area contributed by atoms with Gasteiger partial charge in [0.1, 0.15) is 6.04 Å². The van der Waals surface area contributed by atoms with Gasteiger partial charge in [-0.2, -0.15) is 0 Å². The van der Waals surface area contributed by atoms with Crippen molar-refractivity contribution in [2.75, 3.05) is 13.7 Å². The molecular weight excluding hydrogens is 256 g/mol. The Kier molecular flexibility index (Phi) is 5.71. The minimum atomic E-state index is -1.24. The number of carboxylic acids is 2. The van der Waals surface area contributed by atoms with Crippen LogP contribution in [-0.4, -0.2) is 59.9 Å². The van der Waals surface area contributed by atoms with Crippen LogP contribution >= 0.6 is 0 Å². The Labute approximate surface area is 110 Å². The van der Waals surface area contributed by atoms with Crippen LogP contribution in [0, 0.1) is 0 Å². The minimum Gasteiger partial charge on any atom is -0.481 e. The molecule has 0 bridgehead atoms. The standard InChI is InChI=1S/C11H18N2O6/c1-19-6-4-8(12-5-6)10(16)13-7(11(17)18)2-3-9(14)15/h6-8,12H,2-5H2,1H3,(H,13,16)(H,14,15)(H,17,18). The SMILES string of the molecule is COC1CNC(C(=O)NC(CCC(=O)O)C(=O)O)C1. The molecule has 0 spiro atoms. The average molecular weight is 274 g/mol. The summed E-state index contributed by atoms with van der Waals surface area (Å²) in [5.41, 5.74) is 0. The number of aliphatic carboxylic acids is 2. The van der Waals surface area contributed by atoms with Gasteiger partial charge < -0.3 is 25.6 Å². The van der Waals surface area contributed by atoms with Crippen molar-refractivity contribution in [3.63, 3.8) is 0 Å². The number of amides is 1. The quantitative estimate of drug-likeness (QED) is 0.459. The fraction of sp³-hybridized carbons (Fsp3) is 0.727. The highest BCUT2D eigenvalue weighted by Gasteiger charge is 2.31. The van der Waals surface area contributed by atoms with Crippen LogP contribution < -0.4 is 10.6 Å². The van der Waals surface area contributed by atoms with Crippen LogP contribution in [0.2, 0.25) is 0 Å². The second-order valence-corrected chi connectivity index (χ2v) is 4.39. The lowest BCUT2D eigenvalue weighted by Crippen LogP contribution is -2.48. The molecule has 108 valence electrons. The molecule has 0 aromatic rings. The van der Waals surface area contributed by atoms with Gasteiger partial charge in [-0.25, -0.2) is 4.79 Å². The van der Waals surface area contributed by atoms with Crippen LogP contribution in [0.25, 0.3) is 0 Å². The highest BCUT2D eigenvalue weighted by Crippen LogP contribution is 2.10. The van der Waals surface area contributed by atoms with Gasteiger partial charge in [0, 0.05) is 20.1 Å². The van der Waals surface area contributed by atoms with Crippen LogP contribution in [0.4, 0.5) is 0 Å². The van der Waals surface area contributed by atoms with Crippen molar-refractivity contribution in [1.29, 1.82) is 0 Å². The summed E-state index contributed by atoms with van der Waals surface area (Å²) in [7, 11) is 1.54. The molecule has 1 aliphatic heterocycles. The van der Waals surface area contributed by atoms with E-state index in [2.05, 4.69) is 10.6 Å². The zero-order valence-electron chi connectivity index (χ0n) is 10.6. The topological polar surface area (TPSA) is 125 Å². The third-order valence-corrected chi connectivity index (χ3v) is 3.00. The smallest absolute Gasteiger partial charge is 0.326 e. The fourth-order valence-corrected chi connectivity index (χ4v) is 1.88. The van der Waals surface area contributed by atoms with Gasteiger partial charge in [-0.15, -0.1) is 0 Å². The first-order valence-corrected chi connectivity index (χ1v) is 5.95. The van der Waals surface area contributed by atoms with Crippen LogP contribution in [0.3, 0.4) is 0 Å². The van der Waals surface area contributed by atoms with Crippen molar-refractivity contribution >= 4 is 17.8 Å². The average Bonchev–Trinajstić information content (AvgIpc) is 2.82. The van der Waals surface area contributed by atoms with Crippen LogP contribution in [0.5, 0.6) is 0 Å². The molecule has 1 rings (SSSR count). The Bertz CT molecular complexity index is 359. The molecule has 1 saturated heterocycles. The Hall–Kier alpha value is -1.67. The van der Waals surface area contributed by atoms with Crippen molar-refractivity contribution in [3.8, 4) is 0 Å².